The van der Waals surface area contributed by atoms with Gasteiger partial charge in [0.1, 0.15) is 0 Å². The van der Waals surface area contributed by atoms with Crippen LogP contribution in [0.4, 0.5) is 5.69 Å². The second kappa shape index (κ2) is 8.15. The molecular weight excluding hydrogens is 378 g/mol. The fraction of sp³-hybridized carbons (Fsp3) is 0.238. The minimum Gasteiger partial charge on any atom is -0.493 e. The molecule has 0 N–H and O–H groups in total. The molecule has 2 aromatic rings. The number of thioether (sulfide) groups is 1. The van der Waals surface area contributed by atoms with Crippen LogP contribution in [-0.2, 0) is 4.79 Å². The molecule has 0 unspecified atom stereocenters. The average molecular weight is 400 g/mol. The van der Waals surface area contributed by atoms with Crippen molar-refractivity contribution < 1.29 is 14.3 Å². The second-order valence-electron chi connectivity index (χ2n) is 6.15. The Hall–Kier alpha value is -2.31. The lowest BCUT2D eigenvalue weighted by Gasteiger charge is -2.17. The molecule has 0 bridgehead atoms. The van der Waals surface area contributed by atoms with Crippen molar-refractivity contribution in [2.45, 2.75) is 20.8 Å². The van der Waals surface area contributed by atoms with Crippen LogP contribution in [-0.4, -0.2) is 23.9 Å². The lowest BCUT2D eigenvalue weighted by molar-refractivity contribution is -0.113. The minimum absolute atomic E-state index is 0.105. The molecule has 0 atom stereocenters. The minimum atomic E-state index is -0.105. The zero-order chi connectivity index (χ0) is 19.6. The van der Waals surface area contributed by atoms with Gasteiger partial charge < -0.3 is 9.47 Å². The van der Waals surface area contributed by atoms with Crippen LogP contribution in [0.5, 0.6) is 11.5 Å². The van der Waals surface area contributed by atoms with Crippen LogP contribution in [0.15, 0.2) is 41.3 Å². The van der Waals surface area contributed by atoms with Gasteiger partial charge in [0, 0.05) is 0 Å². The number of ether oxygens (including phenoxy) is 2. The highest BCUT2D eigenvalue weighted by Crippen LogP contribution is 2.38. The largest absolute Gasteiger partial charge is 0.493 e. The molecule has 0 saturated carbocycles. The van der Waals surface area contributed by atoms with Gasteiger partial charge in [-0.2, -0.15) is 0 Å². The van der Waals surface area contributed by atoms with Crippen molar-refractivity contribution in [3.8, 4) is 11.5 Å². The molecule has 1 saturated heterocycles. The summed E-state index contributed by atoms with van der Waals surface area (Å²) in [6.45, 7) is 6.47. The normalized spacial score (nSPS) is 15.6. The predicted octanol–water partition coefficient (Wildman–Crippen LogP) is 5.12. The molecule has 0 radical (unpaired) electrons. The lowest BCUT2D eigenvalue weighted by Crippen LogP contribution is -2.28. The van der Waals surface area contributed by atoms with Crippen molar-refractivity contribution in [3.63, 3.8) is 0 Å². The Morgan fingerprint density at radius 3 is 2.63 bits per heavy atom. The molecule has 4 nitrogen and oxygen atoms in total. The van der Waals surface area contributed by atoms with E-state index in [1.807, 2.05) is 63.2 Å². The fourth-order valence-electron chi connectivity index (χ4n) is 2.84. The van der Waals surface area contributed by atoms with Gasteiger partial charge in [-0.25, -0.2) is 0 Å². The Balaban J connectivity index is 1.94. The highest BCUT2D eigenvalue weighted by molar-refractivity contribution is 8.27. The molecule has 2 aromatic carbocycles. The maximum Gasteiger partial charge on any atom is 0.270 e. The van der Waals surface area contributed by atoms with Crippen molar-refractivity contribution in [2.75, 3.05) is 18.6 Å². The number of anilines is 1. The van der Waals surface area contributed by atoms with Gasteiger partial charge >= 0.3 is 0 Å². The van der Waals surface area contributed by atoms with Gasteiger partial charge in [-0.1, -0.05) is 42.2 Å². The van der Waals surface area contributed by atoms with E-state index < -0.39 is 0 Å². The number of aryl methyl sites for hydroxylation is 2. The van der Waals surface area contributed by atoms with Crippen LogP contribution in [0.25, 0.3) is 6.08 Å². The van der Waals surface area contributed by atoms with Crippen molar-refractivity contribution in [1.29, 1.82) is 0 Å². The van der Waals surface area contributed by atoms with Gasteiger partial charge in [-0.15, -0.1) is 0 Å². The van der Waals surface area contributed by atoms with E-state index in [1.54, 1.807) is 12.0 Å². The van der Waals surface area contributed by atoms with Gasteiger partial charge in [0.15, 0.2) is 15.8 Å². The van der Waals surface area contributed by atoms with Crippen LogP contribution in [0.3, 0.4) is 0 Å². The van der Waals surface area contributed by atoms with Crippen molar-refractivity contribution in [2.24, 2.45) is 0 Å². The number of hydrogen-bond acceptors (Lipinski definition) is 5. The Morgan fingerprint density at radius 2 is 1.93 bits per heavy atom. The number of rotatable bonds is 5. The van der Waals surface area contributed by atoms with Gasteiger partial charge in [-0.3, -0.25) is 9.69 Å². The molecule has 1 aliphatic heterocycles. The van der Waals surface area contributed by atoms with Crippen LogP contribution in [0.1, 0.15) is 23.6 Å². The Kier molecular flexibility index (Phi) is 5.87. The van der Waals surface area contributed by atoms with E-state index in [2.05, 4.69) is 0 Å². The molecule has 0 aliphatic carbocycles. The van der Waals surface area contributed by atoms with Crippen LogP contribution < -0.4 is 14.4 Å². The third-order valence-electron chi connectivity index (χ3n) is 4.18. The maximum absolute atomic E-state index is 13.0. The summed E-state index contributed by atoms with van der Waals surface area (Å²) in [7, 11) is 1.60. The van der Waals surface area contributed by atoms with E-state index in [4.69, 9.17) is 21.7 Å². The highest BCUT2D eigenvalue weighted by atomic mass is 32.2. The van der Waals surface area contributed by atoms with E-state index in [1.165, 1.54) is 11.8 Å². The predicted molar refractivity (Wildman–Crippen MR) is 116 cm³/mol. The monoisotopic (exact) mass is 399 g/mol. The number of nitrogens with zero attached hydrogens (tertiary/aromatic N) is 1. The summed E-state index contributed by atoms with van der Waals surface area (Å²) in [5, 5.41) is 0. The third kappa shape index (κ3) is 4.01. The van der Waals surface area contributed by atoms with E-state index in [-0.39, 0.29) is 5.91 Å². The Bertz CT molecular complexity index is 937. The quantitative estimate of drug-likeness (QED) is 0.516. The molecule has 1 amide bonds. The molecule has 140 valence electrons. The van der Waals surface area contributed by atoms with Crippen LogP contribution >= 0.6 is 24.0 Å². The number of benzene rings is 2. The molecule has 0 aromatic heterocycles. The average Bonchev–Trinajstić information content (AvgIpc) is 2.92. The first-order valence-electron chi connectivity index (χ1n) is 8.60. The van der Waals surface area contributed by atoms with E-state index in [0.717, 1.165) is 22.4 Å². The van der Waals surface area contributed by atoms with Crippen molar-refractivity contribution in [1.82, 2.24) is 0 Å². The molecule has 0 spiro atoms. The van der Waals surface area contributed by atoms with E-state index >= 15 is 0 Å². The molecule has 1 aliphatic rings. The fourth-order valence-corrected chi connectivity index (χ4v) is 4.12. The van der Waals surface area contributed by atoms with Crippen LogP contribution in [0.2, 0.25) is 0 Å². The SMILES string of the molecule is CCOc1ccc(C=C2SC(=S)N(c3cc(C)ccc3C)C2=O)cc1OC. The van der Waals surface area contributed by atoms with Crippen LogP contribution in [0, 0.1) is 13.8 Å². The molecule has 1 fully saturated rings. The summed E-state index contributed by atoms with van der Waals surface area (Å²) in [6, 6.07) is 11.6. The number of amides is 1. The van der Waals surface area contributed by atoms with Crippen molar-refractivity contribution in [3.05, 3.63) is 58.0 Å². The topological polar surface area (TPSA) is 38.8 Å². The molecule has 6 heteroatoms. The van der Waals surface area contributed by atoms with E-state index in [0.29, 0.717) is 27.3 Å². The zero-order valence-electron chi connectivity index (χ0n) is 15.7. The summed E-state index contributed by atoms with van der Waals surface area (Å²) in [5.74, 6) is 1.21. The van der Waals surface area contributed by atoms with E-state index in [9.17, 15) is 4.79 Å². The van der Waals surface area contributed by atoms with Gasteiger partial charge in [0.05, 0.1) is 24.3 Å². The summed E-state index contributed by atoms with van der Waals surface area (Å²) < 4.78 is 11.5. The highest BCUT2D eigenvalue weighted by Gasteiger charge is 2.34. The van der Waals surface area contributed by atoms with Crippen molar-refractivity contribution >= 4 is 46.0 Å². The smallest absolute Gasteiger partial charge is 0.270 e. The zero-order valence-corrected chi connectivity index (χ0v) is 17.4. The third-order valence-corrected chi connectivity index (χ3v) is 5.49. The Morgan fingerprint density at radius 1 is 1.15 bits per heavy atom. The number of methoxy groups -OCH3 is 1. The lowest BCUT2D eigenvalue weighted by atomic mass is 10.1. The molecule has 1 heterocycles. The number of hydrogen-bond donors (Lipinski definition) is 0. The van der Waals surface area contributed by atoms with Gasteiger partial charge in [0.25, 0.3) is 5.91 Å². The summed E-state index contributed by atoms with van der Waals surface area (Å²) in [5.41, 5.74) is 3.80. The summed E-state index contributed by atoms with van der Waals surface area (Å²) >= 11 is 6.79. The second-order valence-corrected chi connectivity index (χ2v) is 7.83. The molecule has 3 rings (SSSR count). The molecule has 27 heavy (non-hydrogen) atoms. The first-order valence-corrected chi connectivity index (χ1v) is 9.83. The number of thiocarbonyl (C=S) groups is 1. The molecular formula is C21H21NO3S2. The van der Waals surface area contributed by atoms with Gasteiger partial charge in [0.2, 0.25) is 0 Å². The number of carbonyl (C=O) groups is 1. The maximum atomic E-state index is 13.0. The summed E-state index contributed by atoms with van der Waals surface area (Å²) in [4.78, 5) is 15.2. The number of carbonyl (C=O) groups excluding carboxylic acids is 1. The summed E-state index contributed by atoms with van der Waals surface area (Å²) in [6.07, 6.45) is 1.84. The Labute approximate surface area is 169 Å². The first kappa shape index (κ1) is 19.5. The van der Waals surface area contributed by atoms with Gasteiger partial charge in [-0.05, 0) is 61.7 Å². The standard InChI is InChI=1S/C21H21NO3S2/c1-5-25-17-9-8-15(11-18(17)24-4)12-19-20(23)22(21(26)27-19)16-10-13(2)6-7-14(16)3/h6-12H,5H2,1-4H3. The first-order chi connectivity index (χ1) is 12.9.